The number of benzene rings is 2. The minimum Gasteiger partial charge on any atom is -0.280 e. The summed E-state index contributed by atoms with van der Waals surface area (Å²) in [6.45, 7) is 5.77. The standard InChI is InChI=1S/C23H28N4O4S2/c1-17-9-7-8-16-26(17)33(30,31)22-14-12-20(13-15-22)25-32(28,29)23-18(2)24-27(19(23)3)21-10-5-4-6-11-21/h4-6,10-15,17,25H,7-9,16H2,1-3H3. The van der Waals surface area contributed by atoms with E-state index in [-0.39, 0.29) is 21.5 Å². The summed E-state index contributed by atoms with van der Waals surface area (Å²) in [6, 6.07) is 15.1. The van der Waals surface area contributed by atoms with E-state index in [1.807, 2.05) is 37.3 Å². The fourth-order valence-electron chi connectivity index (χ4n) is 4.30. The SMILES string of the molecule is Cc1nn(-c2ccccc2)c(C)c1S(=O)(=O)Nc1ccc(S(=O)(=O)N2CCCCC2C)cc1. The molecule has 0 saturated carbocycles. The van der Waals surface area contributed by atoms with Crippen LogP contribution in [0.2, 0.25) is 0 Å². The first-order valence-corrected chi connectivity index (χ1v) is 13.8. The Bertz CT molecular complexity index is 1350. The quantitative estimate of drug-likeness (QED) is 0.568. The van der Waals surface area contributed by atoms with Gasteiger partial charge in [0.1, 0.15) is 4.90 Å². The molecule has 1 atom stereocenters. The van der Waals surface area contributed by atoms with E-state index >= 15 is 0 Å². The van der Waals surface area contributed by atoms with Crippen molar-refractivity contribution in [3.8, 4) is 5.69 Å². The van der Waals surface area contributed by atoms with Crippen molar-refractivity contribution in [2.24, 2.45) is 0 Å². The maximum atomic E-state index is 13.2. The minimum absolute atomic E-state index is 0.0472. The highest BCUT2D eigenvalue weighted by Crippen LogP contribution is 2.28. The molecule has 2 aromatic carbocycles. The number of aryl methyl sites for hydroxylation is 1. The lowest BCUT2D eigenvalue weighted by atomic mass is 10.1. The summed E-state index contributed by atoms with van der Waals surface area (Å²) >= 11 is 0. The molecule has 0 radical (unpaired) electrons. The predicted octanol–water partition coefficient (Wildman–Crippen LogP) is 3.85. The molecule has 1 fully saturated rings. The zero-order chi connectivity index (χ0) is 23.8. The van der Waals surface area contributed by atoms with Crippen molar-refractivity contribution in [1.82, 2.24) is 14.1 Å². The van der Waals surface area contributed by atoms with Crippen LogP contribution in [0.15, 0.2) is 64.4 Å². The second-order valence-electron chi connectivity index (χ2n) is 8.34. The van der Waals surface area contributed by atoms with E-state index in [4.69, 9.17) is 0 Å². The molecule has 1 unspecified atom stereocenters. The van der Waals surface area contributed by atoms with Gasteiger partial charge in [0.2, 0.25) is 10.0 Å². The van der Waals surface area contributed by atoms with Crippen LogP contribution in [0.5, 0.6) is 0 Å². The molecule has 1 aromatic heterocycles. The molecule has 2 heterocycles. The summed E-state index contributed by atoms with van der Waals surface area (Å²) in [4.78, 5) is 0.258. The van der Waals surface area contributed by atoms with E-state index in [9.17, 15) is 16.8 Å². The highest BCUT2D eigenvalue weighted by molar-refractivity contribution is 7.92. The lowest BCUT2D eigenvalue weighted by Crippen LogP contribution is -2.41. The third-order valence-corrected chi connectivity index (χ3v) is 9.61. The molecule has 33 heavy (non-hydrogen) atoms. The molecule has 1 saturated heterocycles. The molecular formula is C23H28N4O4S2. The summed E-state index contributed by atoms with van der Waals surface area (Å²) in [5.41, 5.74) is 1.92. The summed E-state index contributed by atoms with van der Waals surface area (Å²) < 4.78 is 58.1. The monoisotopic (exact) mass is 488 g/mol. The van der Waals surface area contributed by atoms with Gasteiger partial charge >= 0.3 is 0 Å². The molecule has 1 aliphatic heterocycles. The minimum atomic E-state index is -3.93. The highest BCUT2D eigenvalue weighted by Gasteiger charge is 2.31. The van der Waals surface area contributed by atoms with Gasteiger partial charge in [0.15, 0.2) is 0 Å². The number of sulfonamides is 2. The van der Waals surface area contributed by atoms with Crippen molar-refractivity contribution in [2.75, 3.05) is 11.3 Å². The Morgan fingerprint density at radius 1 is 0.939 bits per heavy atom. The smallest absolute Gasteiger partial charge is 0.265 e. The summed E-state index contributed by atoms with van der Waals surface area (Å²) in [7, 11) is -7.55. The molecular weight excluding hydrogens is 460 g/mol. The van der Waals surface area contributed by atoms with Crippen LogP contribution in [-0.2, 0) is 20.0 Å². The topological polar surface area (TPSA) is 101 Å². The number of rotatable bonds is 6. The number of hydrogen-bond acceptors (Lipinski definition) is 5. The highest BCUT2D eigenvalue weighted by atomic mass is 32.2. The lowest BCUT2D eigenvalue weighted by Gasteiger charge is -2.32. The Labute approximate surface area is 195 Å². The van der Waals surface area contributed by atoms with Gasteiger partial charge in [0.05, 0.1) is 22.0 Å². The molecule has 0 bridgehead atoms. The number of piperidine rings is 1. The van der Waals surface area contributed by atoms with Crippen molar-refractivity contribution in [3.63, 3.8) is 0 Å². The van der Waals surface area contributed by atoms with Crippen LogP contribution < -0.4 is 4.72 Å². The molecule has 8 nitrogen and oxygen atoms in total. The Morgan fingerprint density at radius 3 is 2.24 bits per heavy atom. The Balaban J connectivity index is 1.59. The van der Waals surface area contributed by atoms with Crippen LogP contribution in [0.4, 0.5) is 5.69 Å². The predicted molar refractivity (Wildman–Crippen MR) is 127 cm³/mol. The normalized spacial score (nSPS) is 17.7. The zero-order valence-corrected chi connectivity index (χ0v) is 20.5. The molecule has 1 N–H and O–H groups in total. The molecule has 0 spiro atoms. The Morgan fingerprint density at radius 2 is 1.61 bits per heavy atom. The van der Waals surface area contributed by atoms with E-state index in [2.05, 4.69) is 9.82 Å². The third kappa shape index (κ3) is 4.55. The van der Waals surface area contributed by atoms with Crippen LogP contribution in [0.25, 0.3) is 5.69 Å². The summed E-state index contributed by atoms with van der Waals surface area (Å²) in [6.07, 6.45) is 2.71. The van der Waals surface area contributed by atoms with Gasteiger partial charge in [-0.25, -0.2) is 21.5 Å². The number of aromatic nitrogens is 2. The van der Waals surface area contributed by atoms with Crippen molar-refractivity contribution < 1.29 is 16.8 Å². The Hall–Kier alpha value is -2.69. The number of hydrogen-bond donors (Lipinski definition) is 1. The third-order valence-electron chi connectivity index (χ3n) is 5.95. The molecule has 3 aromatic rings. The maximum Gasteiger partial charge on any atom is 0.265 e. The molecule has 1 aliphatic rings. The van der Waals surface area contributed by atoms with Crippen LogP contribution in [0.3, 0.4) is 0 Å². The lowest BCUT2D eigenvalue weighted by molar-refractivity contribution is 0.268. The first-order valence-electron chi connectivity index (χ1n) is 10.9. The number of nitrogens with zero attached hydrogens (tertiary/aromatic N) is 3. The van der Waals surface area contributed by atoms with Gasteiger partial charge < -0.3 is 0 Å². The molecule has 0 aliphatic carbocycles. The van der Waals surface area contributed by atoms with E-state index in [1.165, 1.54) is 28.6 Å². The molecule has 10 heteroatoms. The van der Waals surface area contributed by atoms with E-state index < -0.39 is 20.0 Å². The van der Waals surface area contributed by atoms with E-state index in [0.717, 1.165) is 24.9 Å². The average molecular weight is 489 g/mol. The number of anilines is 1. The van der Waals surface area contributed by atoms with Gasteiger partial charge in [-0.3, -0.25) is 4.72 Å². The fourth-order valence-corrected chi connectivity index (χ4v) is 7.46. The molecule has 4 rings (SSSR count). The van der Waals surface area contributed by atoms with Crippen molar-refractivity contribution in [1.29, 1.82) is 0 Å². The second kappa shape index (κ2) is 8.92. The van der Waals surface area contributed by atoms with Gasteiger partial charge in [-0.15, -0.1) is 0 Å². The average Bonchev–Trinajstić information content (AvgIpc) is 3.09. The van der Waals surface area contributed by atoms with Gasteiger partial charge in [0, 0.05) is 18.3 Å². The van der Waals surface area contributed by atoms with Gasteiger partial charge in [-0.1, -0.05) is 24.6 Å². The van der Waals surface area contributed by atoms with Gasteiger partial charge in [-0.05, 0) is 70.0 Å². The van der Waals surface area contributed by atoms with E-state index in [1.54, 1.807) is 18.5 Å². The van der Waals surface area contributed by atoms with Crippen LogP contribution in [0, 0.1) is 13.8 Å². The van der Waals surface area contributed by atoms with Crippen LogP contribution >= 0.6 is 0 Å². The second-order valence-corrected chi connectivity index (χ2v) is 11.8. The molecule has 0 amide bonds. The van der Waals surface area contributed by atoms with Crippen LogP contribution in [-0.4, -0.2) is 43.5 Å². The van der Waals surface area contributed by atoms with Crippen molar-refractivity contribution >= 4 is 25.7 Å². The zero-order valence-electron chi connectivity index (χ0n) is 18.9. The van der Waals surface area contributed by atoms with Crippen molar-refractivity contribution in [3.05, 3.63) is 66.0 Å². The van der Waals surface area contributed by atoms with Crippen molar-refractivity contribution in [2.45, 2.75) is 55.9 Å². The van der Waals surface area contributed by atoms with Gasteiger partial charge in [-0.2, -0.15) is 9.40 Å². The largest absolute Gasteiger partial charge is 0.280 e. The summed E-state index contributed by atoms with van der Waals surface area (Å²) in [5, 5.41) is 4.41. The number of para-hydroxylation sites is 1. The van der Waals surface area contributed by atoms with Gasteiger partial charge in [0.25, 0.3) is 10.0 Å². The summed E-state index contributed by atoms with van der Waals surface area (Å²) in [5.74, 6) is 0. The van der Waals surface area contributed by atoms with E-state index in [0.29, 0.717) is 17.9 Å². The molecule has 176 valence electrons. The first kappa shape index (κ1) is 23.5. The fraction of sp³-hybridized carbons (Fsp3) is 0.348. The Kier molecular flexibility index (Phi) is 6.35. The number of nitrogens with one attached hydrogen (secondary N) is 1. The van der Waals surface area contributed by atoms with Crippen LogP contribution in [0.1, 0.15) is 37.6 Å². The first-order chi connectivity index (χ1) is 15.6. The maximum absolute atomic E-state index is 13.2.